The van der Waals surface area contributed by atoms with Crippen molar-refractivity contribution >= 4 is 44.6 Å². The van der Waals surface area contributed by atoms with Crippen LogP contribution in [0.2, 0.25) is 5.02 Å². The molecule has 5 nitrogen and oxygen atoms in total. The van der Waals surface area contributed by atoms with Gasteiger partial charge in [-0.1, -0.05) is 11.6 Å². The number of anilines is 1. The van der Waals surface area contributed by atoms with E-state index in [1.807, 2.05) is 18.2 Å². The van der Waals surface area contributed by atoms with Gasteiger partial charge < -0.3 is 15.0 Å². The molecule has 0 unspecified atom stereocenters. The molecule has 1 amide bonds. The number of carbonyl (C=O) groups is 1. The Kier molecular flexibility index (Phi) is 8.28. The molecular weight excluding hydrogens is 559 g/mol. The minimum Gasteiger partial charge on any atom is -0.490 e. The van der Waals surface area contributed by atoms with Crippen molar-refractivity contribution in [2.24, 2.45) is 0 Å². The van der Waals surface area contributed by atoms with E-state index in [0.717, 1.165) is 72.4 Å². The van der Waals surface area contributed by atoms with Crippen molar-refractivity contribution < 1.29 is 22.7 Å². The van der Waals surface area contributed by atoms with E-state index in [4.69, 9.17) is 16.3 Å². The maximum atomic E-state index is 13.1. The van der Waals surface area contributed by atoms with Gasteiger partial charge in [0.25, 0.3) is 5.91 Å². The van der Waals surface area contributed by atoms with Gasteiger partial charge in [0.15, 0.2) is 0 Å². The highest BCUT2D eigenvalue weighted by atomic mass is 35.5. The van der Waals surface area contributed by atoms with Crippen molar-refractivity contribution in [3.05, 3.63) is 57.9 Å². The van der Waals surface area contributed by atoms with Crippen LogP contribution in [0.4, 0.5) is 18.9 Å². The van der Waals surface area contributed by atoms with Crippen LogP contribution < -0.4 is 15.0 Å². The molecule has 2 fully saturated rings. The average Bonchev–Trinajstić information content (AvgIpc) is 3.24. The molecule has 2 aromatic carbocycles. The number of likely N-dealkylation sites (tertiary alicyclic amines) is 1. The number of amides is 1. The summed E-state index contributed by atoms with van der Waals surface area (Å²) in [5.41, 5.74) is 0.277. The number of nitrogens with zero attached hydrogens (tertiary/aromatic N) is 2. The summed E-state index contributed by atoms with van der Waals surface area (Å²) in [4.78, 5) is 18.2. The molecule has 2 saturated heterocycles. The van der Waals surface area contributed by atoms with Crippen LogP contribution >= 0.6 is 22.9 Å². The van der Waals surface area contributed by atoms with E-state index in [-0.39, 0.29) is 23.6 Å². The molecule has 2 aliphatic heterocycles. The van der Waals surface area contributed by atoms with E-state index in [1.165, 1.54) is 23.5 Å². The third kappa shape index (κ3) is 6.52. The molecule has 2 aliphatic rings. The molecule has 3 aromatic rings. The average molecular weight is 594 g/mol. The molecule has 0 saturated carbocycles. The zero-order valence-corrected chi connectivity index (χ0v) is 24.6. The molecule has 0 atom stereocenters. The molecule has 40 heavy (non-hydrogen) atoms. The fourth-order valence-corrected chi connectivity index (χ4v) is 6.94. The van der Waals surface area contributed by atoms with Crippen LogP contribution in [-0.4, -0.2) is 54.7 Å². The lowest BCUT2D eigenvalue weighted by Crippen LogP contribution is -2.50. The van der Waals surface area contributed by atoms with E-state index in [9.17, 15) is 18.0 Å². The maximum Gasteiger partial charge on any atom is 0.416 e. The number of piperidine rings is 2. The van der Waals surface area contributed by atoms with Crippen molar-refractivity contribution in [1.82, 2.24) is 10.2 Å². The maximum absolute atomic E-state index is 13.1. The molecule has 10 heteroatoms. The first-order valence-electron chi connectivity index (χ1n) is 13.8. The van der Waals surface area contributed by atoms with E-state index in [2.05, 4.69) is 35.9 Å². The van der Waals surface area contributed by atoms with Crippen LogP contribution in [-0.2, 0) is 6.18 Å². The fourth-order valence-electron chi connectivity index (χ4n) is 5.50. The smallest absolute Gasteiger partial charge is 0.416 e. The van der Waals surface area contributed by atoms with Gasteiger partial charge >= 0.3 is 6.18 Å². The SMILES string of the molecule is CC(C)(C)N1CCC(NC(=O)c2sc3cc(OC4CCN(c5ccc(C(F)(F)F)cc5)CC4)ccc3c2Cl)CC1. The summed E-state index contributed by atoms with van der Waals surface area (Å²) in [5.74, 6) is 0.596. The lowest BCUT2D eigenvalue weighted by atomic mass is 9.98. The zero-order chi connectivity index (χ0) is 28.7. The second-order valence-electron chi connectivity index (χ2n) is 11.7. The lowest BCUT2D eigenvalue weighted by Gasteiger charge is -2.41. The van der Waals surface area contributed by atoms with E-state index in [0.29, 0.717) is 23.0 Å². The molecule has 0 bridgehead atoms. The van der Waals surface area contributed by atoms with Crippen molar-refractivity contribution in [2.75, 3.05) is 31.1 Å². The van der Waals surface area contributed by atoms with Crippen LogP contribution in [0.25, 0.3) is 10.1 Å². The highest BCUT2D eigenvalue weighted by Crippen LogP contribution is 2.38. The summed E-state index contributed by atoms with van der Waals surface area (Å²) in [6.07, 6.45) is -0.984. The molecule has 0 spiro atoms. The number of halogens is 4. The lowest BCUT2D eigenvalue weighted by molar-refractivity contribution is -0.137. The van der Waals surface area contributed by atoms with Gasteiger partial charge in [0.05, 0.1) is 10.6 Å². The van der Waals surface area contributed by atoms with Crippen LogP contribution in [0.15, 0.2) is 42.5 Å². The Morgan fingerprint density at radius 2 is 1.62 bits per heavy atom. The van der Waals surface area contributed by atoms with Crippen molar-refractivity contribution in [1.29, 1.82) is 0 Å². The Hall–Kier alpha value is -2.49. The predicted octanol–water partition coefficient (Wildman–Crippen LogP) is 7.61. The first-order chi connectivity index (χ1) is 18.9. The highest BCUT2D eigenvalue weighted by molar-refractivity contribution is 7.21. The number of hydrogen-bond donors (Lipinski definition) is 1. The second kappa shape index (κ2) is 11.4. The summed E-state index contributed by atoms with van der Waals surface area (Å²) in [6, 6.07) is 11.2. The van der Waals surface area contributed by atoms with Gasteiger partial charge in [-0.15, -0.1) is 11.3 Å². The summed E-state index contributed by atoms with van der Waals surface area (Å²) >= 11 is 8.02. The Morgan fingerprint density at radius 1 is 0.975 bits per heavy atom. The van der Waals surface area contributed by atoms with Crippen LogP contribution in [0.1, 0.15) is 61.7 Å². The standard InChI is InChI=1S/C30H35ClF3N3O2S/c1-29(2,3)37-16-10-20(11-17-37)35-28(38)27-26(31)24-9-8-23(18-25(24)40-27)39-22-12-14-36(15-13-22)21-6-4-19(5-7-21)30(32,33)34/h4-9,18,20,22H,10-17H2,1-3H3,(H,35,38). The van der Waals surface area contributed by atoms with Crippen molar-refractivity contribution in [2.45, 2.75) is 70.3 Å². The van der Waals surface area contributed by atoms with Crippen molar-refractivity contribution in [3.8, 4) is 5.75 Å². The topological polar surface area (TPSA) is 44.8 Å². The molecule has 5 rings (SSSR count). The number of carbonyl (C=O) groups excluding carboxylic acids is 1. The van der Waals surface area contributed by atoms with Crippen LogP contribution in [0.5, 0.6) is 5.75 Å². The molecule has 1 aromatic heterocycles. The number of thiophene rings is 1. The van der Waals surface area contributed by atoms with E-state index in [1.54, 1.807) is 0 Å². The summed E-state index contributed by atoms with van der Waals surface area (Å²) in [5, 5.41) is 4.50. The minimum absolute atomic E-state index is 0.000294. The van der Waals surface area contributed by atoms with Gasteiger partial charge in [0.1, 0.15) is 16.7 Å². The number of benzene rings is 2. The van der Waals surface area contributed by atoms with Gasteiger partial charge in [-0.2, -0.15) is 13.2 Å². The zero-order valence-electron chi connectivity index (χ0n) is 23.0. The summed E-state index contributed by atoms with van der Waals surface area (Å²) in [6.45, 7) is 9.95. The third-order valence-corrected chi connectivity index (χ3v) is 9.55. The van der Waals surface area contributed by atoms with Gasteiger partial charge in [-0.05, 0) is 76.1 Å². The molecule has 0 radical (unpaired) electrons. The number of alkyl halides is 3. The molecular formula is C30H35ClF3N3O2S. The number of rotatable bonds is 5. The molecule has 216 valence electrons. The highest BCUT2D eigenvalue weighted by Gasteiger charge is 2.31. The number of nitrogens with one attached hydrogen (secondary N) is 1. The number of fused-ring (bicyclic) bond motifs is 1. The van der Waals surface area contributed by atoms with E-state index < -0.39 is 11.7 Å². The van der Waals surface area contributed by atoms with Gasteiger partial charge in [-0.25, -0.2) is 0 Å². The molecule has 1 N–H and O–H groups in total. The van der Waals surface area contributed by atoms with Crippen molar-refractivity contribution in [3.63, 3.8) is 0 Å². The second-order valence-corrected chi connectivity index (χ2v) is 13.1. The summed E-state index contributed by atoms with van der Waals surface area (Å²) in [7, 11) is 0. The minimum atomic E-state index is -4.33. The Labute approximate surface area is 242 Å². The number of hydrogen-bond acceptors (Lipinski definition) is 5. The predicted molar refractivity (Wildman–Crippen MR) is 156 cm³/mol. The fraction of sp³-hybridized carbons (Fsp3) is 0.500. The largest absolute Gasteiger partial charge is 0.490 e. The monoisotopic (exact) mass is 593 g/mol. The normalized spacial score (nSPS) is 18.3. The first kappa shape index (κ1) is 29.0. The molecule has 0 aliphatic carbocycles. The summed E-state index contributed by atoms with van der Waals surface area (Å²) < 4.78 is 45.8. The van der Waals surface area contributed by atoms with Gasteiger partial charge in [-0.3, -0.25) is 9.69 Å². The van der Waals surface area contributed by atoms with E-state index >= 15 is 0 Å². The van der Waals surface area contributed by atoms with Gasteiger partial charge in [0, 0.05) is 66.4 Å². The number of ether oxygens (including phenoxy) is 1. The van der Waals surface area contributed by atoms with Crippen LogP contribution in [0, 0.1) is 0 Å². The van der Waals surface area contributed by atoms with Gasteiger partial charge in [0.2, 0.25) is 0 Å². The third-order valence-electron chi connectivity index (χ3n) is 7.89. The molecule has 3 heterocycles. The Morgan fingerprint density at radius 3 is 2.23 bits per heavy atom. The Bertz CT molecular complexity index is 1340. The first-order valence-corrected chi connectivity index (χ1v) is 14.9. The Balaban J connectivity index is 1.17. The van der Waals surface area contributed by atoms with Crippen LogP contribution in [0.3, 0.4) is 0 Å². The quantitative estimate of drug-likeness (QED) is 0.331.